The maximum atomic E-state index is 13.0. The van der Waals surface area contributed by atoms with Crippen molar-refractivity contribution in [3.63, 3.8) is 0 Å². The monoisotopic (exact) mass is 242 g/mol. The molecule has 2 rings (SSSR count). The molecule has 0 spiro atoms. The Balaban J connectivity index is 2.34. The molecule has 90 valence electrons. The first kappa shape index (κ1) is 11.8. The van der Waals surface area contributed by atoms with E-state index in [1.807, 2.05) is 0 Å². The smallest absolute Gasteiger partial charge is 0.194 e. The van der Waals surface area contributed by atoms with Gasteiger partial charge in [0.1, 0.15) is 11.6 Å². The molecular formula is C12H9F3O2. The number of carbonyl (C=O) groups is 2. The van der Waals surface area contributed by atoms with Crippen LogP contribution in [0.4, 0.5) is 13.2 Å². The Morgan fingerprint density at radius 3 is 1.88 bits per heavy atom. The van der Waals surface area contributed by atoms with Crippen LogP contribution in [0.25, 0.3) is 0 Å². The molecule has 0 aromatic heterocycles. The lowest BCUT2D eigenvalue weighted by atomic mass is 9.82. The average Bonchev–Trinajstić information content (AvgIpc) is 2.23. The van der Waals surface area contributed by atoms with Crippen molar-refractivity contribution in [2.45, 2.75) is 25.2 Å². The Labute approximate surface area is 95.4 Å². The minimum atomic E-state index is -1.54. The third-order valence-electron chi connectivity index (χ3n) is 2.82. The number of Topliss-reactive ketones (excluding diaryl/α,β-unsaturated/α-hetero) is 2. The molecule has 1 fully saturated rings. The van der Waals surface area contributed by atoms with Gasteiger partial charge in [0.15, 0.2) is 17.5 Å². The zero-order valence-electron chi connectivity index (χ0n) is 8.80. The summed E-state index contributed by atoms with van der Waals surface area (Å²) in [6.45, 7) is 0. The molecular weight excluding hydrogens is 233 g/mol. The Bertz CT molecular complexity index is 458. The van der Waals surface area contributed by atoms with Crippen molar-refractivity contribution < 1.29 is 22.8 Å². The standard InChI is InChI=1S/C12H9F3O2/c13-10-3-7(4-11(14)12(10)15)6-1-8(16)5-9(17)2-6/h3-4,6H,1-2,5H2. The van der Waals surface area contributed by atoms with E-state index in [0.717, 1.165) is 12.1 Å². The molecule has 17 heavy (non-hydrogen) atoms. The van der Waals surface area contributed by atoms with Crippen molar-refractivity contribution in [3.05, 3.63) is 35.1 Å². The lowest BCUT2D eigenvalue weighted by molar-refractivity contribution is -0.130. The molecule has 0 N–H and O–H groups in total. The molecule has 1 aromatic carbocycles. The molecule has 0 amide bonds. The molecule has 5 heteroatoms. The zero-order chi connectivity index (χ0) is 12.6. The number of hydrogen-bond acceptors (Lipinski definition) is 2. The highest BCUT2D eigenvalue weighted by Gasteiger charge is 2.27. The maximum absolute atomic E-state index is 13.0. The highest BCUT2D eigenvalue weighted by Crippen LogP contribution is 2.30. The van der Waals surface area contributed by atoms with E-state index in [1.165, 1.54) is 0 Å². The van der Waals surface area contributed by atoms with Crippen LogP contribution in [-0.2, 0) is 9.59 Å². The predicted octanol–water partition coefficient (Wildman–Crippen LogP) is 2.51. The summed E-state index contributed by atoms with van der Waals surface area (Å²) in [5.74, 6) is -5.20. The van der Waals surface area contributed by atoms with E-state index in [-0.39, 0.29) is 36.4 Å². The van der Waals surface area contributed by atoms with E-state index >= 15 is 0 Å². The summed E-state index contributed by atoms with van der Waals surface area (Å²) < 4.78 is 38.8. The number of halogens is 3. The van der Waals surface area contributed by atoms with Gasteiger partial charge in [0.2, 0.25) is 0 Å². The minimum absolute atomic E-state index is 0.0657. The molecule has 1 aromatic rings. The Morgan fingerprint density at radius 2 is 1.41 bits per heavy atom. The van der Waals surface area contributed by atoms with E-state index in [0.29, 0.717) is 0 Å². The topological polar surface area (TPSA) is 34.1 Å². The van der Waals surface area contributed by atoms with Crippen molar-refractivity contribution in [3.8, 4) is 0 Å². The molecule has 0 unspecified atom stereocenters. The molecule has 0 heterocycles. The number of ketones is 2. The van der Waals surface area contributed by atoms with Gasteiger partial charge in [0.05, 0.1) is 6.42 Å². The van der Waals surface area contributed by atoms with E-state index in [9.17, 15) is 22.8 Å². The van der Waals surface area contributed by atoms with Gasteiger partial charge in [-0.15, -0.1) is 0 Å². The summed E-state index contributed by atoms with van der Waals surface area (Å²) in [5.41, 5.74) is 0.155. The number of benzene rings is 1. The highest BCUT2D eigenvalue weighted by atomic mass is 19.2. The van der Waals surface area contributed by atoms with Crippen LogP contribution in [0.1, 0.15) is 30.7 Å². The molecule has 0 bridgehead atoms. The van der Waals surface area contributed by atoms with Crippen LogP contribution in [0.3, 0.4) is 0 Å². The van der Waals surface area contributed by atoms with E-state index in [1.54, 1.807) is 0 Å². The minimum Gasteiger partial charge on any atom is -0.299 e. The Kier molecular flexibility index (Phi) is 3.00. The lowest BCUT2D eigenvalue weighted by Crippen LogP contribution is -2.21. The zero-order valence-corrected chi connectivity index (χ0v) is 8.80. The quantitative estimate of drug-likeness (QED) is 0.560. The van der Waals surface area contributed by atoms with Gasteiger partial charge in [-0.2, -0.15) is 0 Å². The van der Waals surface area contributed by atoms with Crippen LogP contribution in [0, 0.1) is 17.5 Å². The SMILES string of the molecule is O=C1CC(=O)CC(c2cc(F)c(F)c(F)c2)C1. The molecule has 0 radical (unpaired) electrons. The second-order valence-corrected chi connectivity index (χ2v) is 4.16. The van der Waals surface area contributed by atoms with Crippen LogP contribution in [-0.4, -0.2) is 11.6 Å². The number of carbonyl (C=O) groups excluding carboxylic acids is 2. The summed E-state index contributed by atoms with van der Waals surface area (Å²) in [7, 11) is 0. The second kappa shape index (κ2) is 4.31. The van der Waals surface area contributed by atoms with Gasteiger partial charge < -0.3 is 0 Å². The first-order valence-electron chi connectivity index (χ1n) is 5.15. The average molecular weight is 242 g/mol. The van der Waals surface area contributed by atoms with Gasteiger partial charge >= 0.3 is 0 Å². The van der Waals surface area contributed by atoms with Gasteiger partial charge in [-0.05, 0) is 23.6 Å². The number of hydrogen-bond donors (Lipinski definition) is 0. The second-order valence-electron chi connectivity index (χ2n) is 4.16. The van der Waals surface area contributed by atoms with Crippen molar-refractivity contribution >= 4 is 11.6 Å². The summed E-state index contributed by atoms with van der Waals surface area (Å²) in [4.78, 5) is 22.4. The van der Waals surface area contributed by atoms with Crippen LogP contribution in [0.2, 0.25) is 0 Å². The first-order valence-corrected chi connectivity index (χ1v) is 5.15. The van der Waals surface area contributed by atoms with Crippen molar-refractivity contribution in [2.24, 2.45) is 0 Å². The highest BCUT2D eigenvalue weighted by molar-refractivity contribution is 6.02. The molecule has 1 saturated carbocycles. The molecule has 0 atom stereocenters. The van der Waals surface area contributed by atoms with E-state index in [4.69, 9.17) is 0 Å². The largest absolute Gasteiger partial charge is 0.299 e. The third-order valence-corrected chi connectivity index (χ3v) is 2.82. The van der Waals surface area contributed by atoms with Gasteiger partial charge in [-0.3, -0.25) is 9.59 Å². The third kappa shape index (κ3) is 2.38. The van der Waals surface area contributed by atoms with Gasteiger partial charge in [-0.25, -0.2) is 13.2 Å². The normalized spacial score (nSPS) is 17.6. The first-order chi connectivity index (χ1) is 7.97. The summed E-state index contributed by atoms with van der Waals surface area (Å²) in [6.07, 6.45) is 0.00909. The summed E-state index contributed by atoms with van der Waals surface area (Å²) >= 11 is 0. The molecule has 1 aliphatic rings. The fraction of sp³-hybridized carbons (Fsp3) is 0.333. The lowest BCUT2D eigenvalue weighted by Gasteiger charge is -2.20. The molecule has 0 aliphatic heterocycles. The van der Waals surface area contributed by atoms with Crippen LogP contribution in [0.15, 0.2) is 12.1 Å². The fourth-order valence-corrected chi connectivity index (χ4v) is 2.03. The van der Waals surface area contributed by atoms with Crippen LogP contribution < -0.4 is 0 Å². The van der Waals surface area contributed by atoms with Crippen molar-refractivity contribution in [2.75, 3.05) is 0 Å². The number of rotatable bonds is 1. The van der Waals surface area contributed by atoms with Gasteiger partial charge in [-0.1, -0.05) is 0 Å². The van der Waals surface area contributed by atoms with Gasteiger partial charge in [0.25, 0.3) is 0 Å². The summed E-state index contributed by atoms with van der Waals surface area (Å²) in [5, 5.41) is 0. The Morgan fingerprint density at radius 1 is 0.941 bits per heavy atom. The van der Waals surface area contributed by atoms with Crippen molar-refractivity contribution in [1.29, 1.82) is 0 Å². The van der Waals surface area contributed by atoms with E-state index in [2.05, 4.69) is 0 Å². The molecule has 2 nitrogen and oxygen atoms in total. The molecule has 0 saturated heterocycles. The van der Waals surface area contributed by atoms with Gasteiger partial charge in [0, 0.05) is 12.8 Å². The van der Waals surface area contributed by atoms with Crippen LogP contribution in [0.5, 0.6) is 0 Å². The predicted molar refractivity (Wildman–Crippen MR) is 52.9 cm³/mol. The molecule has 1 aliphatic carbocycles. The van der Waals surface area contributed by atoms with Crippen molar-refractivity contribution in [1.82, 2.24) is 0 Å². The fourth-order valence-electron chi connectivity index (χ4n) is 2.03. The summed E-state index contributed by atoms with van der Waals surface area (Å²) in [6, 6.07) is 1.68. The van der Waals surface area contributed by atoms with E-state index < -0.39 is 23.4 Å². The maximum Gasteiger partial charge on any atom is 0.194 e. The Hall–Kier alpha value is -1.65. The van der Waals surface area contributed by atoms with Crippen LogP contribution >= 0.6 is 0 Å².